The lowest BCUT2D eigenvalue weighted by molar-refractivity contribution is 0.132. The van der Waals surface area contributed by atoms with Crippen molar-refractivity contribution in [2.45, 2.75) is 57.7 Å². The van der Waals surface area contributed by atoms with E-state index in [9.17, 15) is 0 Å². The highest BCUT2D eigenvalue weighted by Crippen LogP contribution is 2.39. The lowest BCUT2D eigenvalue weighted by Gasteiger charge is -2.30. The van der Waals surface area contributed by atoms with Crippen molar-refractivity contribution in [3.63, 3.8) is 0 Å². The SMILES string of the molecule is CCOc1cc2ncnc(Nc3ccc(Oc4ccn5ncnc5c4)c(C)c3F)c2cc1OC1CC2CCC(C1)N2. The van der Waals surface area contributed by atoms with Crippen LogP contribution >= 0.6 is 0 Å². The van der Waals surface area contributed by atoms with Gasteiger partial charge in [-0.2, -0.15) is 5.10 Å². The van der Waals surface area contributed by atoms with Crippen LogP contribution < -0.4 is 24.8 Å². The van der Waals surface area contributed by atoms with Gasteiger partial charge in [-0.05, 0) is 63.8 Å². The second-order valence-electron chi connectivity index (χ2n) is 10.5. The molecule has 2 aromatic carbocycles. The van der Waals surface area contributed by atoms with Crippen LogP contribution in [0.1, 0.15) is 38.2 Å². The molecular formula is C30H30FN7O3. The summed E-state index contributed by atoms with van der Waals surface area (Å²) in [6.07, 6.45) is 9.06. The topological polar surface area (TPSA) is 108 Å². The molecule has 0 saturated carbocycles. The first-order valence-electron chi connectivity index (χ1n) is 13.9. The second kappa shape index (κ2) is 10.5. The first kappa shape index (κ1) is 25.5. The van der Waals surface area contributed by atoms with Crippen LogP contribution in [-0.2, 0) is 0 Å². The quantitative estimate of drug-likeness (QED) is 0.249. The minimum absolute atomic E-state index is 0.101. The number of aromatic nitrogens is 5. The summed E-state index contributed by atoms with van der Waals surface area (Å²) in [4.78, 5) is 13.1. The Hall–Kier alpha value is -4.51. The number of hydrogen-bond acceptors (Lipinski definition) is 9. The molecule has 2 atom stereocenters. The summed E-state index contributed by atoms with van der Waals surface area (Å²) in [6.45, 7) is 4.12. The number of ether oxygens (including phenoxy) is 3. The first-order valence-corrected chi connectivity index (χ1v) is 13.9. The van der Waals surface area contributed by atoms with Gasteiger partial charge in [-0.15, -0.1) is 0 Å². The maximum atomic E-state index is 15.6. The van der Waals surface area contributed by atoms with E-state index in [4.69, 9.17) is 14.2 Å². The Morgan fingerprint density at radius 1 is 1.00 bits per heavy atom. The predicted molar refractivity (Wildman–Crippen MR) is 152 cm³/mol. The van der Waals surface area contributed by atoms with Gasteiger partial charge in [0, 0.05) is 41.4 Å². The molecule has 0 amide bonds. The molecule has 5 heterocycles. The Balaban J connectivity index is 1.17. The van der Waals surface area contributed by atoms with Crippen LogP contribution in [0.5, 0.6) is 23.0 Å². The number of anilines is 2. The van der Waals surface area contributed by atoms with Gasteiger partial charge in [0.15, 0.2) is 23.0 Å². The standard InChI is InChI=1S/C30H30FN7O3/c1-3-39-26-14-24-22(13-27(26)41-21-10-18-4-5-19(11-21)36-18)30(34-15-32-24)37-23-6-7-25(17(2)29(23)31)40-20-8-9-38-28(12-20)33-16-35-38/h6-9,12-16,18-19,21,36H,3-5,10-11H2,1-2H3,(H,32,34,37). The Bertz CT molecular complexity index is 1730. The summed E-state index contributed by atoms with van der Waals surface area (Å²) in [7, 11) is 0. The van der Waals surface area contributed by atoms with Crippen molar-refractivity contribution in [2.75, 3.05) is 11.9 Å². The third-order valence-electron chi connectivity index (χ3n) is 7.79. The summed E-state index contributed by atoms with van der Waals surface area (Å²) in [5.74, 6) is 2.26. The van der Waals surface area contributed by atoms with E-state index in [1.54, 1.807) is 41.9 Å². The molecule has 5 aromatic rings. The van der Waals surface area contributed by atoms with Crippen molar-refractivity contribution < 1.29 is 18.6 Å². The molecule has 210 valence electrons. The number of rotatable bonds is 8. The van der Waals surface area contributed by atoms with E-state index in [0.717, 1.165) is 12.8 Å². The fraction of sp³-hybridized carbons (Fsp3) is 0.333. The number of piperidine rings is 1. The smallest absolute Gasteiger partial charge is 0.163 e. The first-order chi connectivity index (χ1) is 20.0. The Morgan fingerprint density at radius 3 is 2.68 bits per heavy atom. The molecule has 2 aliphatic heterocycles. The zero-order chi connectivity index (χ0) is 27.9. The van der Waals surface area contributed by atoms with E-state index >= 15 is 4.39 Å². The summed E-state index contributed by atoms with van der Waals surface area (Å²) >= 11 is 0. The van der Waals surface area contributed by atoms with E-state index < -0.39 is 5.82 Å². The Kier molecular flexibility index (Phi) is 6.50. The average molecular weight is 556 g/mol. The number of pyridine rings is 1. The molecule has 2 saturated heterocycles. The molecule has 11 heteroatoms. The molecule has 41 heavy (non-hydrogen) atoms. The number of fused-ring (bicyclic) bond motifs is 4. The van der Waals surface area contributed by atoms with Crippen molar-refractivity contribution in [3.8, 4) is 23.0 Å². The largest absolute Gasteiger partial charge is 0.490 e. The predicted octanol–water partition coefficient (Wildman–Crippen LogP) is 5.72. The van der Waals surface area contributed by atoms with Gasteiger partial charge in [0.1, 0.15) is 36.1 Å². The molecular weight excluding hydrogens is 525 g/mol. The third kappa shape index (κ3) is 4.97. The number of hydrogen-bond donors (Lipinski definition) is 2. The molecule has 2 unspecified atom stereocenters. The van der Waals surface area contributed by atoms with Crippen LogP contribution in [-0.4, -0.2) is 49.4 Å². The van der Waals surface area contributed by atoms with Crippen LogP contribution in [0.4, 0.5) is 15.9 Å². The third-order valence-corrected chi connectivity index (χ3v) is 7.79. The van der Waals surface area contributed by atoms with E-state index in [1.165, 1.54) is 25.5 Å². The number of nitrogens with one attached hydrogen (secondary N) is 2. The lowest BCUT2D eigenvalue weighted by atomic mass is 10.0. The average Bonchev–Trinajstić information content (AvgIpc) is 3.58. The molecule has 3 aromatic heterocycles. The molecule has 7 rings (SSSR count). The molecule has 0 spiro atoms. The van der Waals surface area contributed by atoms with Crippen molar-refractivity contribution in [1.29, 1.82) is 0 Å². The highest BCUT2D eigenvalue weighted by molar-refractivity contribution is 5.93. The molecule has 10 nitrogen and oxygen atoms in total. The Labute approximate surface area is 235 Å². The van der Waals surface area contributed by atoms with Crippen LogP contribution in [0.15, 0.2) is 55.2 Å². The number of benzene rings is 2. The molecule has 2 fully saturated rings. The zero-order valence-corrected chi connectivity index (χ0v) is 22.8. The van der Waals surface area contributed by atoms with E-state index in [0.29, 0.717) is 69.6 Å². The second-order valence-corrected chi connectivity index (χ2v) is 10.5. The van der Waals surface area contributed by atoms with Crippen molar-refractivity contribution in [3.05, 3.63) is 66.6 Å². The van der Waals surface area contributed by atoms with Crippen molar-refractivity contribution in [1.82, 2.24) is 29.9 Å². The zero-order valence-electron chi connectivity index (χ0n) is 22.8. The van der Waals surface area contributed by atoms with Gasteiger partial charge >= 0.3 is 0 Å². The Morgan fingerprint density at radius 2 is 1.85 bits per heavy atom. The van der Waals surface area contributed by atoms with Crippen LogP contribution in [0.3, 0.4) is 0 Å². The fourth-order valence-corrected chi connectivity index (χ4v) is 5.79. The van der Waals surface area contributed by atoms with Crippen molar-refractivity contribution in [2.24, 2.45) is 0 Å². The van der Waals surface area contributed by atoms with Gasteiger partial charge in [-0.1, -0.05) is 0 Å². The monoisotopic (exact) mass is 555 g/mol. The number of nitrogens with zero attached hydrogens (tertiary/aromatic N) is 5. The van der Waals surface area contributed by atoms with E-state index in [-0.39, 0.29) is 11.8 Å². The molecule has 2 aliphatic rings. The molecule has 0 radical (unpaired) electrons. The van der Waals surface area contributed by atoms with E-state index in [2.05, 4.69) is 30.7 Å². The summed E-state index contributed by atoms with van der Waals surface area (Å²) < 4.78 is 35.7. The van der Waals surface area contributed by atoms with Gasteiger partial charge in [0.05, 0.1) is 17.8 Å². The summed E-state index contributed by atoms with van der Waals surface area (Å²) in [5.41, 5.74) is 1.94. The fourth-order valence-electron chi connectivity index (χ4n) is 5.79. The summed E-state index contributed by atoms with van der Waals surface area (Å²) in [5, 5.41) is 11.6. The number of halogens is 1. The van der Waals surface area contributed by atoms with Gasteiger partial charge in [0.25, 0.3) is 0 Å². The highest BCUT2D eigenvalue weighted by Gasteiger charge is 2.35. The van der Waals surface area contributed by atoms with Crippen molar-refractivity contribution >= 4 is 28.1 Å². The molecule has 2 N–H and O–H groups in total. The van der Waals surface area contributed by atoms with E-state index in [1.807, 2.05) is 19.1 Å². The molecule has 2 bridgehead atoms. The van der Waals surface area contributed by atoms with Gasteiger partial charge < -0.3 is 24.8 Å². The normalized spacial score (nSPS) is 19.9. The van der Waals surface area contributed by atoms with Crippen LogP contribution in [0, 0.1) is 12.7 Å². The maximum absolute atomic E-state index is 15.6. The van der Waals surface area contributed by atoms with Gasteiger partial charge in [0.2, 0.25) is 0 Å². The van der Waals surface area contributed by atoms with Crippen LogP contribution in [0.25, 0.3) is 16.6 Å². The highest BCUT2D eigenvalue weighted by atomic mass is 19.1. The van der Waals surface area contributed by atoms with Gasteiger partial charge in [-0.25, -0.2) is 23.9 Å². The lowest BCUT2D eigenvalue weighted by Crippen LogP contribution is -2.42. The minimum Gasteiger partial charge on any atom is -0.490 e. The maximum Gasteiger partial charge on any atom is 0.163 e. The van der Waals surface area contributed by atoms with Gasteiger partial charge in [-0.3, -0.25) is 0 Å². The summed E-state index contributed by atoms with van der Waals surface area (Å²) in [6, 6.07) is 11.6. The minimum atomic E-state index is -0.439. The molecule has 0 aliphatic carbocycles. The van der Waals surface area contributed by atoms with Crippen LogP contribution in [0.2, 0.25) is 0 Å².